The molecule has 220 valence electrons. The van der Waals surface area contributed by atoms with Gasteiger partial charge in [-0.15, -0.1) is 0 Å². The number of aliphatic hydroxyl groups excluding tert-OH is 2. The average Bonchev–Trinajstić information content (AvgIpc) is 3.29. The molecule has 0 bridgehead atoms. The summed E-state index contributed by atoms with van der Waals surface area (Å²) in [5, 5.41) is 22.6. The molecule has 2 unspecified atom stereocenters. The minimum absolute atomic E-state index is 0.0871. The van der Waals surface area contributed by atoms with E-state index in [1.165, 1.54) is 13.1 Å². The van der Waals surface area contributed by atoms with Crippen molar-refractivity contribution in [3.05, 3.63) is 33.1 Å². The van der Waals surface area contributed by atoms with E-state index in [0.717, 1.165) is 22.4 Å². The third-order valence-electron chi connectivity index (χ3n) is 6.55. The molecule has 3 rings (SSSR count). The Labute approximate surface area is 229 Å². The largest absolute Gasteiger partial charge is 0.462 e. The Hall–Kier alpha value is -1.84. The molecular formula is C23H36N3O11PS. The van der Waals surface area contributed by atoms with Crippen LogP contribution in [0.4, 0.5) is 0 Å². The fourth-order valence-corrected chi connectivity index (χ4v) is 6.65. The van der Waals surface area contributed by atoms with Gasteiger partial charge in [0.1, 0.15) is 18.2 Å². The van der Waals surface area contributed by atoms with Crippen LogP contribution in [0.25, 0.3) is 0 Å². The number of aromatic nitrogens is 2. The molecule has 14 nitrogen and oxygen atoms in total. The molecule has 1 aliphatic heterocycles. The number of H-pyrrole nitrogens is 1. The van der Waals surface area contributed by atoms with Gasteiger partial charge in [-0.05, 0) is 34.6 Å². The lowest BCUT2D eigenvalue weighted by Gasteiger charge is -2.27. The van der Waals surface area contributed by atoms with E-state index in [0.29, 0.717) is 0 Å². The number of aliphatic hydroxyl groups is 2. The molecule has 7 atom stereocenters. The number of fused-ring (bicyclic) bond motifs is 1. The zero-order valence-electron chi connectivity index (χ0n) is 22.6. The van der Waals surface area contributed by atoms with Crippen LogP contribution in [-0.4, -0.2) is 80.3 Å². The molecule has 2 heterocycles. The summed E-state index contributed by atoms with van der Waals surface area (Å²) in [5.41, 5.74) is -3.41. The highest BCUT2D eigenvalue weighted by Gasteiger charge is 2.76. The van der Waals surface area contributed by atoms with E-state index in [9.17, 15) is 34.0 Å². The third kappa shape index (κ3) is 6.91. The fourth-order valence-electron chi connectivity index (χ4n) is 3.98. The Bertz CT molecular complexity index is 1230. The van der Waals surface area contributed by atoms with E-state index in [2.05, 4.69) is 10.1 Å². The first-order chi connectivity index (χ1) is 18.1. The van der Waals surface area contributed by atoms with Crippen LogP contribution >= 0.6 is 19.5 Å². The second-order valence-electron chi connectivity index (χ2n) is 10.6. The summed E-state index contributed by atoms with van der Waals surface area (Å²) in [5.74, 6) is -0.605. The van der Waals surface area contributed by atoms with E-state index < -0.39 is 72.5 Å². The van der Waals surface area contributed by atoms with Crippen LogP contribution in [0.1, 0.15) is 47.8 Å². The van der Waals surface area contributed by atoms with E-state index in [1.807, 2.05) is 0 Å². The Kier molecular flexibility index (Phi) is 9.71. The predicted molar refractivity (Wildman–Crippen MR) is 140 cm³/mol. The maximum absolute atomic E-state index is 13.8. The SMILES string of the molecule is CC(C)OC(=O)[C@H](C)NP(=O)(OCCSC(=O)C(C)(C)CO)OC1[C@H]2O[C@@H](n3ccc(=O)[nH]c3=O)[C@H](O)[C@@]12C. The molecule has 39 heavy (non-hydrogen) atoms. The highest BCUT2D eigenvalue weighted by Crippen LogP contribution is 2.66. The van der Waals surface area contributed by atoms with Gasteiger partial charge in [0.15, 0.2) is 11.3 Å². The van der Waals surface area contributed by atoms with Crippen LogP contribution in [-0.2, 0) is 32.7 Å². The molecule has 4 N–H and O–H groups in total. The summed E-state index contributed by atoms with van der Waals surface area (Å²) in [6, 6.07) is 0.0247. The number of carbonyl (C=O) groups is 2. The fraction of sp³-hybridized carbons (Fsp3) is 0.739. The number of esters is 1. The average molecular weight is 594 g/mol. The molecule has 0 aromatic carbocycles. The maximum atomic E-state index is 13.8. The van der Waals surface area contributed by atoms with Crippen LogP contribution in [0.5, 0.6) is 0 Å². The lowest BCUT2D eigenvalue weighted by atomic mass is 9.97. The monoisotopic (exact) mass is 593 g/mol. The molecule has 1 aromatic heterocycles. The van der Waals surface area contributed by atoms with Crippen molar-refractivity contribution in [2.45, 2.75) is 78.2 Å². The zero-order valence-corrected chi connectivity index (χ0v) is 24.3. The number of rotatable bonds is 13. The normalized spacial score (nSPS) is 28.5. The van der Waals surface area contributed by atoms with Crippen molar-refractivity contribution in [3.8, 4) is 0 Å². The maximum Gasteiger partial charge on any atom is 0.406 e. The number of nitrogens with zero attached hydrogens (tertiary/aromatic N) is 1. The molecule has 0 amide bonds. The molecule has 2 aliphatic rings. The molecule has 1 aliphatic carbocycles. The van der Waals surface area contributed by atoms with E-state index in [4.69, 9.17) is 18.5 Å². The van der Waals surface area contributed by atoms with Gasteiger partial charge in [-0.3, -0.25) is 33.0 Å². The zero-order chi connectivity index (χ0) is 29.3. The van der Waals surface area contributed by atoms with Crippen LogP contribution in [0.3, 0.4) is 0 Å². The van der Waals surface area contributed by atoms with Crippen LogP contribution in [0.2, 0.25) is 0 Å². The van der Waals surface area contributed by atoms with Gasteiger partial charge in [-0.1, -0.05) is 18.7 Å². The van der Waals surface area contributed by atoms with Gasteiger partial charge < -0.3 is 19.7 Å². The Morgan fingerprint density at radius 1 is 1.33 bits per heavy atom. The summed E-state index contributed by atoms with van der Waals surface area (Å²) in [6.07, 6.45) is -3.32. The van der Waals surface area contributed by atoms with Gasteiger partial charge in [-0.2, -0.15) is 0 Å². The van der Waals surface area contributed by atoms with Gasteiger partial charge in [0.05, 0.1) is 36.3 Å². The molecule has 16 heteroatoms. The van der Waals surface area contributed by atoms with Gasteiger partial charge in [-0.25, -0.2) is 14.4 Å². The first kappa shape index (κ1) is 31.7. The van der Waals surface area contributed by atoms with Crippen LogP contribution < -0.4 is 16.3 Å². The predicted octanol–water partition coefficient (Wildman–Crippen LogP) is 0.533. The number of carbonyl (C=O) groups excluding carboxylic acids is 2. The summed E-state index contributed by atoms with van der Waals surface area (Å²) in [7, 11) is -4.24. The van der Waals surface area contributed by atoms with Gasteiger partial charge >= 0.3 is 19.4 Å². The van der Waals surface area contributed by atoms with Gasteiger partial charge in [0, 0.05) is 18.0 Å². The molecular weight excluding hydrogens is 557 g/mol. The van der Waals surface area contributed by atoms with E-state index >= 15 is 0 Å². The Balaban J connectivity index is 1.71. The van der Waals surface area contributed by atoms with Crippen molar-refractivity contribution in [1.82, 2.24) is 14.6 Å². The minimum atomic E-state index is -4.24. The van der Waals surface area contributed by atoms with Crippen LogP contribution in [0, 0.1) is 10.8 Å². The number of nitrogens with one attached hydrogen (secondary N) is 2. The number of hydrogen-bond acceptors (Lipinski definition) is 12. The summed E-state index contributed by atoms with van der Waals surface area (Å²) in [6.45, 7) is 9.00. The lowest BCUT2D eigenvalue weighted by Crippen LogP contribution is -2.40. The van der Waals surface area contributed by atoms with E-state index in [1.54, 1.807) is 34.6 Å². The summed E-state index contributed by atoms with van der Waals surface area (Å²) >= 11 is 0.891. The standard InChI is InChI=1S/C23H36N3O11PS/c1-12(2)35-19(30)13(3)25-38(33,34-9-10-39-20(31)22(4,5)11-27)37-17-16-23(17,6)15(29)18(36-16)26-8-7-14(28)24-21(26)32/h7-8,12-13,15-18,27,29H,9-11H2,1-6H3,(H,25,33)(H,24,28,32)/t13-,15-,16+,17?,18+,23+,38?/m0/s1. The summed E-state index contributed by atoms with van der Waals surface area (Å²) < 4.78 is 37.1. The number of aromatic amines is 1. The molecule has 1 aromatic rings. The quantitative estimate of drug-likeness (QED) is 0.141. The molecule has 1 saturated heterocycles. The second kappa shape index (κ2) is 12.0. The third-order valence-corrected chi connectivity index (χ3v) is 9.46. The van der Waals surface area contributed by atoms with Crippen molar-refractivity contribution >= 4 is 30.6 Å². The van der Waals surface area contributed by atoms with Crippen molar-refractivity contribution < 1.29 is 42.9 Å². The first-order valence-corrected chi connectivity index (χ1v) is 14.9. The summed E-state index contributed by atoms with van der Waals surface area (Å²) in [4.78, 5) is 50.3. The van der Waals surface area contributed by atoms with Crippen molar-refractivity contribution in [1.29, 1.82) is 0 Å². The minimum Gasteiger partial charge on any atom is -0.462 e. The molecule has 2 fully saturated rings. The second-order valence-corrected chi connectivity index (χ2v) is 13.4. The van der Waals surface area contributed by atoms with Crippen molar-refractivity contribution in [2.24, 2.45) is 10.8 Å². The number of hydrogen-bond donors (Lipinski definition) is 4. The number of thioether (sulfide) groups is 1. The highest BCUT2D eigenvalue weighted by atomic mass is 32.2. The Morgan fingerprint density at radius 2 is 2.00 bits per heavy atom. The first-order valence-electron chi connectivity index (χ1n) is 12.4. The van der Waals surface area contributed by atoms with Crippen molar-refractivity contribution in [3.63, 3.8) is 0 Å². The number of ether oxygens (including phenoxy) is 2. The topological polar surface area (TPSA) is 195 Å². The lowest BCUT2D eigenvalue weighted by molar-refractivity contribution is -0.149. The van der Waals surface area contributed by atoms with Crippen LogP contribution in [0.15, 0.2) is 21.9 Å². The molecule has 1 saturated carbocycles. The van der Waals surface area contributed by atoms with Gasteiger partial charge in [0.25, 0.3) is 5.56 Å². The van der Waals surface area contributed by atoms with Crippen molar-refractivity contribution in [2.75, 3.05) is 19.0 Å². The molecule has 0 spiro atoms. The van der Waals surface area contributed by atoms with E-state index in [-0.39, 0.29) is 24.1 Å². The van der Waals surface area contributed by atoms with Gasteiger partial charge in [0.2, 0.25) is 0 Å². The Morgan fingerprint density at radius 3 is 2.54 bits per heavy atom. The molecule has 0 radical (unpaired) electrons. The smallest absolute Gasteiger partial charge is 0.406 e. The highest BCUT2D eigenvalue weighted by molar-refractivity contribution is 8.13.